The number of fused-ring (bicyclic) bond motifs is 1. The number of hydrogen-bond acceptors (Lipinski definition) is 3. The summed E-state index contributed by atoms with van der Waals surface area (Å²) in [6, 6.07) is 15.3. The molecule has 0 fully saturated rings. The van der Waals surface area contributed by atoms with Crippen LogP contribution in [0.15, 0.2) is 54.6 Å². The lowest BCUT2D eigenvalue weighted by Crippen LogP contribution is -2.19. The van der Waals surface area contributed by atoms with E-state index in [1.807, 2.05) is 24.3 Å². The molecule has 4 nitrogen and oxygen atoms in total. The van der Waals surface area contributed by atoms with Crippen molar-refractivity contribution in [1.29, 1.82) is 0 Å². The zero-order valence-electron chi connectivity index (χ0n) is 11.3. The van der Waals surface area contributed by atoms with Crippen LogP contribution >= 0.6 is 0 Å². The molecule has 0 heterocycles. The van der Waals surface area contributed by atoms with Gasteiger partial charge in [0.05, 0.1) is 0 Å². The molecule has 0 atom stereocenters. The van der Waals surface area contributed by atoms with E-state index in [1.165, 1.54) is 11.1 Å². The second-order valence-corrected chi connectivity index (χ2v) is 6.10. The second-order valence-electron chi connectivity index (χ2n) is 4.95. The predicted octanol–water partition coefficient (Wildman–Crippen LogP) is 2.45. The maximum Gasteiger partial charge on any atom is 0.380 e. The zero-order valence-corrected chi connectivity index (χ0v) is 12.1. The largest absolute Gasteiger partial charge is 0.380 e. The summed E-state index contributed by atoms with van der Waals surface area (Å²) in [7, 11) is -4.03. The number of nitrogens with two attached hydrogens (primary N) is 1. The fraction of sp³-hybridized carbons (Fsp3) is 0.125. The Morgan fingerprint density at radius 2 is 1.62 bits per heavy atom. The molecular formula is C16H15NO3S. The summed E-state index contributed by atoms with van der Waals surface area (Å²) in [4.78, 5) is 0. The Hall–Kier alpha value is -2.11. The number of hydrogen-bond donors (Lipinski definition) is 1. The van der Waals surface area contributed by atoms with Gasteiger partial charge in [0, 0.05) is 5.56 Å². The molecule has 1 aliphatic rings. The third-order valence-electron chi connectivity index (χ3n) is 3.51. The van der Waals surface area contributed by atoms with Gasteiger partial charge in [0.25, 0.3) is 0 Å². The van der Waals surface area contributed by atoms with E-state index in [0.717, 1.165) is 24.0 Å². The lowest BCUT2D eigenvalue weighted by atomic mass is 9.88. The standard InChI is InChI=1S/C16H15NO3S/c17-21(18,19)20-16-8-4-3-7-15(16)14-10-9-12-5-1-2-6-13(12)11-14/h1-8,10H,9,11H2,(H2,17,18,19). The smallest absolute Gasteiger partial charge is 0.370 e. The van der Waals surface area contributed by atoms with Crippen LogP contribution < -0.4 is 9.32 Å². The molecule has 0 saturated carbocycles. The predicted molar refractivity (Wildman–Crippen MR) is 82.0 cm³/mol. The summed E-state index contributed by atoms with van der Waals surface area (Å²) in [5, 5.41) is 4.97. The Morgan fingerprint density at radius 1 is 0.952 bits per heavy atom. The lowest BCUT2D eigenvalue weighted by Gasteiger charge is -2.19. The summed E-state index contributed by atoms with van der Waals surface area (Å²) in [5.41, 5.74) is 4.36. The molecule has 0 bridgehead atoms. The summed E-state index contributed by atoms with van der Waals surface area (Å²) in [6.07, 6.45) is 3.68. The number of allylic oxidation sites excluding steroid dienone is 2. The van der Waals surface area contributed by atoms with Crippen molar-refractivity contribution in [2.75, 3.05) is 0 Å². The Balaban J connectivity index is 1.97. The van der Waals surface area contributed by atoms with Gasteiger partial charge < -0.3 is 4.18 Å². The minimum atomic E-state index is -4.03. The molecule has 21 heavy (non-hydrogen) atoms. The third-order valence-corrected chi connectivity index (χ3v) is 3.92. The van der Waals surface area contributed by atoms with Gasteiger partial charge in [-0.25, -0.2) is 0 Å². The van der Waals surface area contributed by atoms with E-state index in [2.05, 4.69) is 18.2 Å². The number of benzene rings is 2. The molecule has 2 N–H and O–H groups in total. The minimum Gasteiger partial charge on any atom is -0.370 e. The van der Waals surface area contributed by atoms with Gasteiger partial charge in [-0.2, -0.15) is 13.6 Å². The highest BCUT2D eigenvalue weighted by molar-refractivity contribution is 7.84. The molecule has 0 radical (unpaired) electrons. The van der Waals surface area contributed by atoms with Crippen molar-refractivity contribution < 1.29 is 12.6 Å². The highest BCUT2D eigenvalue weighted by Gasteiger charge is 2.17. The quantitative estimate of drug-likeness (QED) is 0.946. The van der Waals surface area contributed by atoms with Gasteiger partial charge in [-0.05, 0) is 35.6 Å². The summed E-state index contributed by atoms with van der Waals surface area (Å²) in [5.74, 6) is 0.269. The van der Waals surface area contributed by atoms with Crippen molar-refractivity contribution in [2.45, 2.75) is 12.8 Å². The Kier molecular flexibility index (Phi) is 3.53. The molecule has 0 aliphatic heterocycles. The van der Waals surface area contributed by atoms with Gasteiger partial charge in [-0.3, -0.25) is 0 Å². The van der Waals surface area contributed by atoms with Gasteiger partial charge in [-0.15, -0.1) is 0 Å². The van der Waals surface area contributed by atoms with E-state index in [4.69, 9.17) is 9.32 Å². The van der Waals surface area contributed by atoms with Crippen molar-refractivity contribution >= 4 is 15.9 Å². The van der Waals surface area contributed by atoms with E-state index < -0.39 is 10.3 Å². The normalized spacial score (nSPS) is 14.2. The van der Waals surface area contributed by atoms with Crippen LogP contribution in [0.1, 0.15) is 16.7 Å². The van der Waals surface area contributed by atoms with Gasteiger partial charge in [0.1, 0.15) is 0 Å². The van der Waals surface area contributed by atoms with Gasteiger partial charge >= 0.3 is 10.3 Å². The molecule has 0 saturated heterocycles. The van der Waals surface area contributed by atoms with Crippen LogP contribution in [0, 0.1) is 0 Å². The SMILES string of the molecule is NS(=O)(=O)Oc1ccccc1C1=CCc2ccccc2C1. The van der Waals surface area contributed by atoms with Crippen LogP contribution in [0.4, 0.5) is 0 Å². The van der Waals surface area contributed by atoms with Crippen LogP contribution in [0.2, 0.25) is 0 Å². The maximum absolute atomic E-state index is 11.2. The fourth-order valence-corrected chi connectivity index (χ4v) is 2.97. The average molecular weight is 301 g/mol. The first-order chi connectivity index (χ1) is 10.0. The molecule has 2 aromatic rings. The minimum absolute atomic E-state index is 0.269. The summed E-state index contributed by atoms with van der Waals surface area (Å²) < 4.78 is 27.2. The lowest BCUT2D eigenvalue weighted by molar-refractivity contribution is 0.487. The van der Waals surface area contributed by atoms with Crippen LogP contribution in [0.25, 0.3) is 5.57 Å². The van der Waals surface area contributed by atoms with E-state index in [-0.39, 0.29) is 5.75 Å². The average Bonchev–Trinajstić information content (AvgIpc) is 2.46. The van der Waals surface area contributed by atoms with Crippen LogP contribution in [0.3, 0.4) is 0 Å². The van der Waals surface area contributed by atoms with E-state index in [9.17, 15) is 8.42 Å². The topological polar surface area (TPSA) is 69.4 Å². The molecule has 0 amide bonds. The fourth-order valence-electron chi connectivity index (χ4n) is 2.57. The highest BCUT2D eigenvalue weighted by Crippen LogP contribution is 2.33. The molecular weight excluding hydrogens is 286 g/mol. The first kappa shape index (κ1) is 13.9. The Bertz CT molecular complexity index is 810. The van der Waals surface area contributed by atoms with Crippen molar-refractivity contribution in [2.24, 2.45) is 5.14 Å². The molecule has 3 rings (SSSR count). The molecule has 0 aromatic heterocycles. The van der Waals surface area contributed by atoms with Gasteiger partial charge in [0.15, 0.2) is 5.75 Å². The van der Waals surface area contributed by atoms with Crippen LogP contribution in [-0.2, 0) is 23.1 Å². The highest BCUT2D eigenvalue weighted by atomic mass is 32.2. The second kappa shape index (κ2) is 5.35. The van der Waals surface area contributed by atoms with Crippen molar-refractivity contribution in [1.82, 2.24) is 0 Å². The van der Waals surface area contributed by atoms with Crippen molar-refractivity contribution in [3.8, 4) is 5.75 Å². The van der Waals surface area contributed by atoms with E-state index in [0.29, 0.717) is 0 Å². The first-order valence-corrected chi connectivity index (χ1v) is 8.07. The monoisotopic (exact) mass is 301 g/mol. The summed E-state index contributed by atoms with van der Waals surface area (Å²) in [6.45, 7) is 0. The van der Waals surface area contributed by atoms with Crippen LogP contribution in [-0.4, -0.2) is 8.42 Å². The number of rotatable bonds is 3. The van der Waals surface area contributed by atoms with E-state index in [1.54, 1.807) is 12.1 Å². The Morgan fingerprint density at radius 3 is 2.38 bits per heavy atom. The molecule has 5 heteroatoms. The van der Waals surface area contributed by atoms with E-state index >= 15 is 0 Å². The van der Waals surface area contributed by atoms with Crippen LogP contribution in [0.5, 0.6) is 5.75 Å². The molecule has 108 valence electrons. The maximum atomic E-state index is 11.2. The molecule has 0 unspecified atom stereocenters. The Labute approximate surface area is 124 Å². The summed E-state index contributed by atoms with van der Waals surface area (Å²) >= 11 is 0. The molecule has 1 aliphatic carbocycles. The van der Waals surface area contributed by atoms with Gasteiger partial charge in [-0.1, -0.05) is 48.5 Å². The number of para-hydroxylation sites is 1. The molecule has 0 spiro atoms. The zero-order chi connectivity index (χ0) is 14.9. The first-order valence-electron chi connectivity index (χ1n) is 6.60. The third kappa shape index (κ3) is 3.15. The van der Waals surface area contributed by atoms with Crippen molar-refractivity contribution in [3.05, 3.63) is 71.3 Å². The molecule has 2 aromatic carbocycles. The van der Waals surface area contributed by atoms with Crippen molar-refractivity contribution in [3.63, 3.8) is 0 Å². The van der Waals surface area contributed by atoms with Gasteiger partial charge in [0.2, 0.25) is 0 Å².